The maximum absolute atomic E-state index is 14.4. The number of amides is 1. The Morgan fingerprint density at radius 3 is 2.43 bits per heavy atom. The number of benzene rings is 3. The number of ether oxygens (including phenoxy) is 3. The highest BCUT2D eigenvalue weighted by atomic mass is 32.1. The van der Waals surface area contributed by atoms with E-state index >= 15 is 0 Å². The molecule has 0 unspecified atom stereocenters. The van der Waals surface area contributed by atoms with Crippen LogP contribution in [0.2, 0.25) is 0 Å². The van der Waals surface area contributed by atoms with Gasteiger partial charge in [-0.15, -0.1) is 0 Å². The molecule has 42 heavy (non-hydrogen) atoms. The molecular weight excluding hydrogens is 550 g/mol. The van der Waals surface area contributed by atoms with E-state index in [1.54, 1.807) is 29.8 Å². The van der Waals surface area contributed by atoms with E-state index in [0.717, 1.165) is 21.9 Å². The van der Waals surface area contributed by atoms with Crippen LogP contribution in [-0.2, 0) is 4.79 Å². The third-order valence-electron chi connectivity index (χ3n) is 7.53. The van der Waals surface area contributed by atoms with Crippen molar-refractivity contribution in [2.24, 2.45) is 4.99 Å². The van der Waals surface area contributed by atoms with Crippen LogP contribution >= 0.6 is 11.3 Å². The first-order chi connectivity index (χ1) is 20.4. The van der Waals surface area contributed by atoms with Gasteiger partial charge in [0, 0.05) is 24.2 Å². The molecule has 0 bridgehead atoms. The maximum Gasteiger partial charge on any atom is 0.271 e. The Morgan fingerprint density at radius 2 is 1.74 bits per heavy atom. The summed E-state index contributed by atoms with van der Waals surface area (Å²) >= 11 is 1.28. The second-order valence-corrected chi connectivity index (χ2v) is 10.8. The molecule has 8 nitrogen and oxygen atoms in total. The molecule has 1 aliphatic heterocycles. The topological polar surface area (TPSA) is 82.4 Å². The average Bonchev–Trinajstić information content (AvgIpc) is 3.31. The molecule has 0 saturated heterocycles. The quantitative estimate of drug-likeness (QED) is 0.285. The van der Waals surface area contributed by atoms with Crippen LogP contribution in [0.15, 0.2) is 75.7 Å². The van der Waals surface area contributed by atoms with E-state index in [1.807, 2.05) is 82.3 Å². The summed E-state index contributed by atoms with van der Waals surface area (Å²) in [5.74, 6) is 1.59. The number of allylic oxidation sites excluding steroid dienone is 1. The minimum atomic E-state index is -0.741. The molecule has 5 rings (SSSR count). The van der Waals surface area contributed by atoms with E-state index in [4.69, 9.17) is 19.2 Å². The smallest absolute Gasteiger partial charge is 0.271 e. The number of fused-ring (bicyclic) bond motifs is 2. The number of hydrogen-bond donors (Lipinski definition) is 0. The highest BCUT2D eigenvalue weighted by Crippen LogP contribution is 2.40. The van der Waals surface area contributed by atoms with Crippen LogP contribution in [0.25, 0.3) is 16.8 Å². The standard InChI is InChI=1S/C33H35N3O5S/c1-7-35(8-2)32(38)27-20(4)34-33-36(29(27)28-23-15-11-10-13-21(23)17-18-24(28)39-5)31(37)26(42-33)19-22-14-12-16-25(40-6)30(22)41-9-3/h10-19,29H,7-9H2,1-6H3/b26-19+/t29-/m0/s1. The van der Waals surface area contributed by atoms with Crippen molar-refractivity contribution in [2.45, 2.75) is 33.7 Å². The first kappa shape index (κ1) is 29.1. The van der Waals surface area contributed by atoms with E-state index in [9.17, 15) is 9.59 Å². The highest BCUT2D eigenvalue weighted by molar-refractivity contribution is 7.07. The van der Waals surface area contributed by atoms with Gasteiger partial charge in [0.05, 0.1) is 36.6 Å². The molecule has 0 saturated carbocycles. The molecule has 218 valence electrons. The summed E-state index contributed by atoms with van der Waals surface area (Å²) in [5, 5.41) is 1.89. The zero-order chi connectivity index (χ0) is 30.0. The molecule has 1 atom stereocenters. The molecule has 1 aliphatic rings. The van der Waals surface area contributed by atoms with E-state index in [-0.39, 0.29) is 11.5 Å². The summed E-state index contributed by atoms with van der Waals surface area (Å²) in [4.78, 5) is 35.6. The molecule has 1 amide bonds. The van der Waals surface area contributed by atoms with Gasteiger partial charge in [-0.25, -0.2) is 4.99 Å². The SMILES string of the molecule is CCOc1c(/C=c2/sc3n(c2=O)[C@H](c2c(OC)ccc4ccccc24)C(C(=O)N(CC)CC)=C(C)N=3)cccc1OC. The van der Waals surface area contributed by atoms with E-state index in [1.165, 1.54) is 11.3 Å². The largest absolute Gasteiger partial charge is 0.496 e. The number of carbonyl (C=O) groups is 1. The first-order valence-electron chi connectivity index (χ1n) is 14.1. The highest BCUT2D eigenvalue weighted by Gasteiger charge is 2.36. The van der Waals surface area contributed by atoms with Crippen LogP contribution in [0.3, 0.4) is 0 Å². The van der Waals surface area contributed by atoms with Crippen LogP contribution in [0.1, 0.15) is 44.9 Å². The number of hydrogen-bond acceptors (Lipinski definition) is 7. The van der Waals surface area contributed by atoms with Crippen molar-refractivity contribution >= 4 is 34.1 Å². The van der Waals surface area contributed by atoms with Gasteiger partial charge in [-0.1, -0.05) is 53.8 Å². The number of likely N-dealkylation sites (N-methyl/N-ethyl adjacent to an activating group) is 1. The lowest BCUT2D eigenvalue weighted by Crippen LogP contribution is -2.43. The van der Waals surface area contributed by atoms with Crippen LogP contribution in [0.5, 0.6) is 17.2 Å². The van der Waals surface area contributed by atoms with Crippen molar-refractivity contribution in [2.75, 3.05) is 33.9 Å². The van der Waals surface area contributed by atoms with E-state index in [0.29, 0.717) is 57.5 Å². The maximum atomic E-state index is 14.4. The summed E-state index contributed by atoms with van der Waals surface area (Å²) < 4.78 is 19.4. The van der Waals surface area contributed by atoms with E-state index in [2.05, 4.69) is 0 Å². The Labute approximate surface area is 248 Å². The number of aromatic nitrogens is 1. The van der Waals surface area contributed by atoms with Crippen molar-refractivity contribution < 1.29 is 19.0 Å². The third kappa shape index (κ3) is 4.98. The zero-order valence-corrected chi connectivity index (χ0v) is 25.6. The third-order valence-corrected chi connectivity index (χ3v) is 8.51. The molecule has 4 aromatic rings. The zero-order valence-electron chi connectivity index (χ0n) is 24.8. The van der Waals surface area contributed by atoms with Gasteiger partial charge >= 0.3 is 0 Å². The molecule has 2 heterocycles. The molecule has 1 aromatic heterocycles. The lowest BCUT2D eigenvalue weighted by Gasteiger charge is -2.30. The van der Waals surface area contributed by atoms with Gasteiger partial charge in [-0.05, 0) is 56.7 Å². The Bertz CT molecular complexity index is 1870. The fourth-order valence-corrected chi connectivity index (χ4v) is 6.57. The van der Waals surface area contributed by atoms with Crippen molar-refractivity contribution in [3.05, 3.63) is 96.7 Å². The van der Waals surface area contributed by atoms with Crippen LogP contribution < -0.4 is 29.1 Å². The summed E-state index contributed by atoms with van der Waals surface area (Å²) in [6.07, 6.45) is 1.81. The number of rotatable bonds is 9. The van der Waals surface area contributed by atoms with Crippen molar-refractivity contribution in [3.63, 3.8) is 0 Å². The lowest BCUT2D eigenvalue weighted by molar-refractivity contribution is -0.127. The molecule has 0 N–H and O–H groups in total. The Morgan fingerprint density at radius 1 is 1.00 bits per heavy atom. The van der Waals surface area contributed by atoms with Gasteiger partial charge in [0.15, 0.2) is 16.3 Å². The van der Waals surface area contributed by atoms with E-state index < -0.39 is 6.04 Å². The fourth-order valence-electron chi connectivity index (χ4n) is 5.53. The Kier molecular flexibility index (Phi) is 8.49. The normalized spacial score (nSPS) is 14.9. The Hall–Kier alpha value is -4.37. The second kappa shape index (κ2) is 12.2. The van der Waals surface area contributed by atoms with Gasteiger partial charge in [0.1, 0.15) is 11.8 Å². The lowest BCUT2D eigenvalue weighted by atomic mass is 9.90. The van der Waals surface area contributed by atoms with Gasteiger partial charge in [-0.3, -0.25) is 14.2 Å². The summed E-state index contributed by atoms with van der Waals surface area (Å²) in [5.41, 5.74) is 2.27. The molecule has 0 aliphatic carbocycles. The van der Waals surface area contributed by atoms with Crippen molar-refractivity contribution in [3.8, 4) is 17.2 Å². The predicted molar refractivity (Wildman–Crippen MR) is 166 cm³/mol. The fraction of sp³-hybridized carbons (Fsp3) is 0.303. The minimum absolute atomic E-state index is 0.151. The Balaban J connectivity index is 1.85. The van der Waals surface area contributed by atoms with Gasteiger partial charge < -0.3 is 19.1 Å². The molecule has 0 spiro atoms. The molecule has 3 aromatic carbocycles. The van der Waals surface area contributed by atoms with Gasteiger partial charge in [0.25, 0.3) is 11.5 Å². The predicted octanol–water partition coefficient (Wildman–Crippen LogP) is 4.67. The molecular formula is C33H35N3O5S. The van der Waals surface area contributed by atoms with Crippen LogP contribution in [-0.4, -0.2) is 49.3 Å². The first-order valence-corrected chi connectivity index (χ1v) is 14.9. The number of para-hydroxylation sites is 1. The molecule has 0 fully saturated rings. The van der Waals surface area contributed by atoms with Crippen LogP contribution in [0, 0.1) is 0 Å². The summed E-state index contributed by atoms with van der Waals surface area (Å²) in [7, 11) is 3.20. The van der Waals surface area contributed by atoms with Gasteiger partial charge in [0.2, 0.25) is 0 Å². The van der Waals surface area contributed by atoms with Crippen molar-refractivity contribution in [1.29, 1.82) is 0 Å². The summed E-state index contributed by atoms with van der Waals surface area (Å²) in [6, 6.07) is 16.7. The molecule has 0 radical (unpaired) electrons. The number of methoxy groups -OCH3 is 2. The molecule has 9 heteroatoms. The number of carbonyl (C=O) groups excluding carboxylic acids is 1. The number of nitrogens with zero attached hydrogens (tertiary/aromatic N) is 3. The van der Waals surface area contributed by atoms with Crippen LogP contribution in [0.4, 0.5) is 0 Å². The monoisotopic (exact) mass is 585 g/mol. The minimum Gasteiger partial charge on any atom is -0.496 e. The second-order valence-electron chi connectivity index (χ2n) is 9.77. The van der Waals surface area contributed by atoms with Gasteiger partial charge in [-0.2, -0.15) is 0 Å². The summed E-state index contributed by atoms with van der Waals surface area (Å²) in [6.45, 7) is 9.15. The van der Waals surface area contributed by atoms with Crippen molar-refractivity contribution in [1.82, 2.24) is 9.47 Å². The average molecular weight is 586 g/mol. The number of thiazole rings is 1.